The maximum atomic E-state index is 12.1. The highest BCUT2D eigenvalue weighted by Gasteiger charge is 2.34. The molecule has 1 aliphatic heterocycles. The molecule has 0 bridgehead atoms. The number of hydrogen-bond acceptors (Lipinski definition) is 3. The molecular formula is C15H21Cl2N3O2. The van der Waals surface area contributed by atoms with E-state index in [-0.39, 0.29) is 36.6 Å². The summed E-state index contributed by atoms with van der Waals surface area (Å²) in [5.74, 6) is -0.341. The predicted molar refractivity (Wildman–Crippen MR) is 90.7 cm³/mol. The van der Waals surface area contributed by atoms with E-state index < -0.39 is 0 Å². The van der Waals surface area contributed by atoms with Gasteiger partial charge in [0.05, 0.1) is 5.92 Å². The first kappa shape index (κ1) is 18.7. The lowest BCUT2D eigenvalue weighted by Crippen LogP contribution is -2.34. The zero-order valence-electron chi connectivity index (χ0n) is 12.5. The van der Waals surface area contributed by atoms with Gasteiger partial charge in [0.1, 0.15) is 0 Å². The van der Waals surface area contributed by atoms with Crippen LogP contribution in [-0.4, -0.2) is 38.5 Å². The molecule has 2 rings (SSSR count). The molecule has 0 aliphatic carbocycles. The second kappa shape index (κ2) is 8.98. The minimum atomic E-state index is -0.275. The number of rotatable bonds is 6. The van der Waals surface area contributed by atoms with E-state index in [9.17, 15) is 9.59 Å². The Balaban J connectivity index is 0.00000242. The van der Waals surface area contributed by atoms with Crippen molar-refractivity contribution in [1.29, 1.82) is 0 Å². The van der Waals surface area contributed by atoms with Crippen molar-refractivity contribution in [2.24, 2.45) is 5.92 Å². The van der Waals surface area contributed by atoms with Crippen molar-refractivity contribution in [2.45, 2.75) is 12.8 Å². The van der Waals surface area contributed by atoms with Gasteiger partial charge in [-0.15, -0.1) is 12.4 Å². The summed E-state index contributed by atoms with van der Waals surface area (Å²) in [5, 5.41) is 6.54. The van der Waals surface area contributed by atoms with Gasteiger partial charge in [-0.1, -0.05) is 11.6 Å². The quantitative estimate of drug-likeness (QED) is 0.773. The van der Waals surface area contributed by atoms with Crippen LogP contribution in [0.25, 0.3) is 0 Å². The summed E-state index contributed by atoms with van der Waals surface area (Å²) < 4.78 is 0. The Labute approximate surface area is 141 Å². The summed E-state index contributed by atoms with van der Waals surface area (Å²) in [5.41, 5.74) is 0.787. The van der Waals surface area contributed by atoms with E-state index in [0.29, 0.717) is 18.1 Å². The summed E-state index contributed by atoms with van der Waals surface area (Å²) in [6.45, 7) is 1.92. The Hall–Kier alpha value is -1.30. The van der Waals surface area contributed by atoms with Crippen LogP contribution < -0.4 is 15.5 Å². The first-order valence-corrected chi connectivity index (χ1v) is 7.48. The second-order valence-corrected chi connectivity index (χ2v) is 5.57. The van der Waals surface area contributed by atoms with Crippen molar-refractivity contribution in [2.75, 3.05) is 31.6 Å². The van der Waals surface area contributed by atoms with Crippen molar-refractivity contribution in [3.05, 3.63) is 29.3 Å². The zero-order chi connectivity index (χ0) is 15.2. The van der Waals surface area contributed by atoms with E-state index in [0.717, 1.165) is 18.7 Å². The molecule has 0 radical (unpaired) electrons. The number of amides is 2. The third kappa shape index (κ3) is 4.87. The average molecular weight is 346 g/mol. The molecule has 1 heterocycles. The minimum Gasteiger partial charge on any atom is -0.356 e. The zero-order valence-corrected chi connectivity index (χ0v) is 14.0. The highest BCUT2D eigenvalue weighted by atomic mass is 35.5. The van der Waals surface area contributed by atoms with E-state index in [2.05, 4.69) is 10.6 Å². The topological polar surface area (TPSA) is 61.4 Å². The standard InChI is InChI=1S/C15H20ClN3O2.ClH/c1-17-7-2-8-18-15(21)11-9-14(20)19(10-11)13-5-3-12(16)4-6-13;/h3-6,11,17H,2,7-10H2,1H3,(H,18,21);1H. The first-order valence-electron chi connectivity index (χ1n) is 7.10. The molecule has 0 saturated carbocycles. The molecule has 22 heavy (non-hydrogen) atoms. The number of benzene rings is 1. The van der Waals surface area contributed by atoms with Crippen LogP contribution in [0.4, 0.5) is 5.69 Å². The molecule has 2 amide bonds. The van der Waals surface area contributed by atoms with Gasteiger partial charge >= 0.3 is 0 Å². The first-order chi connectivity index (χ1) is 10.1. The lowest BCUT2D eigenvalue weighted by molar-refractivity contribution is -0.126. The molecule has 1 aromatic carbocycles. The molecule has 1 atom stereocenters. The number of nitrogens with zero attached hydrogens (tertiary/aromatic N) is 1. The fourth-order valence-corrected chi connectivity index (χ4v) is 2.50. The molecule has 7 heteroatoms. The summed E-state index contributed by atoms with van der Waals surface area (Å²) in [4.78, 5) is 25.8. The van der Waals surface area contributed by atoms with Gasteiger partial charge in [0.15, 0.2) is 0 Å². The lowest BCUT2D eigenvalue weighted by atomic mass is 10.1. The van der Waals surface area contributed by atoms with Gasteiger partial charge in [0, 0.05) is 30.2 Å². The molecular weight excluding hydrogens is 325 g/mol. The van der Waals surface area contributed by atoms with Crippen LogP contribution in [-0.2, 0) is 9.59 Å². The second-order valence-electron chi connectivity index (χ2n) is 5.13. The van der Waals surface area contributed by atoms with Crippen molar-refractivity contribution < 1.29 is 9.59 Å². The maximum absolute atomic E-state index is 12.1. The summed E-state index contributed by atoms with van der Waals surface area (Å²) in [6, 6.07) is 7.09. The maximum Gasteiger partial charge on any atom is 0.227 e. The molecule has 0 spiro atoms. The molecule has 1 aromatic rings. The number of hydrogen-bond donors (Lipinski definition) is 2. The molecule has 1 unspecified atom stereocenters. The van der Waals surface area contributed by atoms with Gasteiger partial charge < -0.3 is 15.5 Å². The van der Waals surface area contributed by atoms with Crippen LogP contribution in [0, 0.1) is 5.92 Å². The monoisotopic (exact) mass is 345 g/mol. The third-order valence-corrected chi connectivity index (χ3v) is 3.79. The summed E-state index contributed by atoms with van der Waals surface area (Å²) >= 11 is 5.84. The molecule has 0 aromatic heterocycles. The van der Waals surface area contributed by atoms with Gasteiger partial charge in [-0.25, -0.2) is 0 Å². The normalized spacial score (nSPS) is 17.3. The van der Waals surface area contributed by atoms with Crippen molar-refractivity contribution >= 4 is 41.5 Å². The van der Waals surface area contributed by atoms with Crippen molar-refractivity contribution in [3.63, 3.8) is 0 Å². The minimum absolute atomic E-state index is 0. The van der Waals surface area contributed by atoms with Crippen LogP contribution in [0.2, 0.25) is 5.02 Å². The molecule has 2 N–H and O–H groups in total. The van der Waals surface area contributed by atoms with E-state index in [1.54, 1.807) is 29.2 Å². The number of carbonyl (C=O) groups excluding carboxylic acids is 2. The molecule has 122 valence electrons. The lowest BCUT2D eigenvalue weighted by Gasteiger charge is -2.16. The van der Waals surface area contributed by atoms with Gasteiger partial charge in [0.25, 0.3) is 0 Å². The summed E-state index contributed by atoms with van der Waals surface area (Å²) in [7, 11) is 1.88. The SMILES string of the molecule is CNCCCNC(=O)C1CC(=O)N(c2ccc(Cl)cc2)C1.Cl. The highest BCUT2D eigenvalue weighted by Crippen LogP contribution is 2.26. The molecule has 1 saturated heterocycles. The van der Waals surface area contributed by atoms with Gasteiger partial charge in [-0.2, -0.15) is 0 Å². The Bertz CT molecular complexity index is 508. The molecule has 1 fully saturated rings. The Morgan fingerprint density at radius 2 is 2.00 bits per heavy atom. The number of halogens is 2. The molecule has 1 aliphatic rings. The van der Waals surface area contributed by atoms with Crippen LogP contribution in [0.15, 0.2) is 24.3 Å². The Morgan fingerprint density at radius 3 is 2.64 bits per heavy atom. The van der Waals surface area contributed by atoms with E-state index in [1.807, 2.05) is 7.05 Å². The van der Waals surface area contributed by atoms with E-state index >= 15 is 0 Å². The fourth-order valence-electron chi connectivity index (χ4n) is 2.37. The Morgan fingerprint density at radius 1 is 1.32 bits per heavy atom. The number of anilines is 1. The highest BCUT2D eigenvalue weighted by molar-refractivity contribution is 6.30. The third-order valence-electron chi connectivity index (χ3n) is 3.54. The van der Waals surface area contributed by atoms with Crippen LogP contribution >= 0.6 is 24.0 Å². The van der Waals surface area contributed by atoms with E-state index in [1.165, 1.54) is 0 Å². The van der Waals surface area contributed by atoms with E-state index in [4.69, 9.17) is 11.6 Å². The number of carbonyl (C=O) groups is 2. The van der Waals surface area contributed by atoms with Crippen LogP contribution in [0.3, 0.4) is 0 Å². The molecule has 5 nitrogen and oxygen atoms in total. The fraction of sp³-hybridized carbons (Fsp3) is 0.467. The predicted octanol–water partition coefficient (Wildman–Crippen LogP) is 1.84. The van der Waals surface area contributed by atoms with Crippen molar-refractivity contribution in [3.8, 4) is 0 Å². The smallest absolute Gasteiger partial charge is 0.227 e. The van der Waals surface area contributed by atoms with Gasteiger partial charge in [-0.3, -0.25) is 9.59 Å². The van der Waals surface area contributed by atoms with Crippen molar-refractivity contribution in [1.82, 2.24) is 10.6 Å². The van der Waals surface area contributed by atoms with Gasteiger partial charge in [-0.05, 0) is 44.3 Å². The van der Waals surface area contributed by atoms with Crippen LogP contribution in [0.5, 0.6) is 0 Å². The summed E-state index contributed by atoms with van der Waals surface area (Å²) in [6.07, 6.45) is 1.14. The van der Waals surface area contributed by atoms with Crippen LogP contribution in [0.1, 0.15) is 12.8 Å². The van der Waals surface area contributed by atoms with Gasteiger partial charge in [0.2, 0.25) is 11.8 Å². The Kier molecular flexibility index (Phi) is 7.65. The average Bonchev–Trinajstić information content (AvgIpc) is 2.86. The largest absolute Gasteiger partial charge is 0.356 e. The number of nitrogens with one attached hydrogen (secondary N) is 2.